The van der Waals surface area contributed by atoms with Crippen molar-refractivity contribution in [1.82, 2.24) is 14.7 Å². The molecule has 9 heteroatoms. The number of carbonyl (C=O) groups is 4. The summed E-state index contributed by atoms with van der Waals surface area (Å²) in [5.41, 5.74) is 0. The van der Waals surface area contributed by atoms with E-state index in [0.29, 0.717) is 6.61 Å². The average Bonchev–Trinajstić information content (AvgIpc) is 2.75. The Morgan fingerprint density at radius 2 is 1.33 bits per heavy atom. The van der Waals surface area contributed by atoms with Crippen LogP contribution in [-0.4, -0.2) is 91.1 Å². The molecule has 0 aliphatic heterocycles. The van der Waals surface area contributed by atoms with Gasteiger partial charge >= 0.3 is 12.1 Å². The molecule has 0 rings (SSSR count). The first-order valence-corrected chi connectivity index (χ1v) is 10.0. The molecule has 0 spiro atoms. The highest BCUT2D eigenvalue weighted by molar-refractivity contribution is 5.92. The second-order valence-electron chi connectivity index (χ2n) is 7.17. The molecule has 0 aromatic rings. The van der Waals surface area contributed by atoms with Gasteiger partial charge in [-0.3, -0.25) is 14.5 Å². The van der Waals surface area contributed by atoms with Crippen molar-refractivity contribution in [3.05, 3.63) is 0 Å². The summed E-state index contributed by atoms with van der Waals surface area (Å²) in [6.45, 7) is 6.81. The zero-order valence-corrected chi connectivity index (χ0v) is 19.1. The van der Waals surface area contributed by atoms with Crippen molar-refractivity contribution in [1.29, 1.82) is 0 Å². The molecule has 0 aliphatic carbocycles. The molecule has 0 aromatic heterocycles. The molecule has 0 fully saturated rings. The van der Waals surface area contributed by atoms with Crippen molar-refractivity contribution in [2.75, 3.05) is 34.4 Å². The number of terminal acetylenes is 1. The number of hydrogen-bond donors (Lipinski definition) is 0. The van der Waals surface area contributed by atoms with E-state index in [4.69, 9.17) is 15.9 Å². The second-order valence-corrected chi connectivity index (χ2v) is 7.17. The van der Waals surface area contributed by atoms with Crippen LogP contribution in [0, 0.1) is 12.3 Å². The summed E-state index contributed by atoms with van der Waals surface area (Å²) in [5, 5.41) is 0. The molecule has 0 N–H and O–H groups in total. The quantitative estimate of drug-likeness (QED) is 0.283. The number of carbonyl (C=O) groups excluding carboxylic acids is 4. The molecule has 0 saturated carbocycles. The minimum Gasteiger partial charge on any atom is -0.464 e. The number of hydrogen-bond acceptors (Lipinski definition) is 6. The van der Waals surface area contributed by atoms with Crippen LogP contribution < -0.4 is 0 Å². The summed E-state index contributed by atoms with van der Waals surface area (Å²) in [6, 6.07) is -2.51. The van der Waals surface area contributed by atoms with Gasteiger partial charge in [0.15, 0.2) is 6.61 Å². The average molecular weight is 426 g/mol. The minimum absolute atomic E-state index is 0.202. The van der Waals surface area contributed by atoms with Gasteiger partial charge in [0.2, 0.25) is 11.8 Å². The molecule has 30 heavy (non-hydrogen) atoms. The fraction of sp³-hybridized carbons (Fsp3) is 0.714. The summed E-state index contributed by atoms with van der Waals surface area (Å²) in [4.78, 5) is 53.1. The van der Waals surface area contributed by atoms with Gasteiger partial charge in [-0.15, -0.1) is 6.42 Å². The summed E-state index contributed by atoms with van der Waals surface area (Å²) in [6.07, 6.45) is 7.06. The molecule has 3 atom stereocenters. The number of ether oxygens (including phenoxy) is 2. The Bertz CT molecular complexity index is 645. The maximum absolute atomic E-state index is 12.8. The number of likely N-dealkylation sites (N-methyl/N-ethyl adjacent to an activating group) is 3. The van der Waals surface area contributed by atoms with Gasteiger partial charge in [0.05, 0.1) is 6.61 Å². The smallest absolute Gasteiger partial charge is 0.411 e. The highest BCUT2D eigenvalue weighted by atomic mass is 16.6. The van der Waals surface area contributed by atoms with E-state index in [9.17, 15) is 19.2 Å². The minimum atomic E-state index is -0.873. The van der Waals surface area contributed by atoms with Gasteiger partial charge in [0.1, 0.15) is 18.1 Å². The number of esters is 1. The van der Waals surface area contributed by atoms with Gasteiger partial charge in [-0.2, -0.15) is 0 Å². The molecule has 0 heterocycles. The number of amides is 3. The molecule has 0 saturated heterocycles. The van der Waals surface area contributed by atoms with Gasteiger partial charge in [-0.25, -0.2) is 9.59 Å². The molecule has 0 radical (unpaired) electrons. The Labute approximate surface area is 179 Å². The van der Waals surface area contributed by atoms with Gasteiger partial charge in [0, 0.05) is 21.1 Å². The molecule has 0 aliphatic rings. The molecular formula is C21H35N3O6. The van der Waals surface area contributed by atoms with E-state index in [1.807, 2.05) is 0 Å². The molecule has 3 unspecified atom stereocenters. The third kappa shape index (κ3) is 7.93. The summed E-state index contributed by atoms with van der Waals surface area (Å²) >= 11 is 0. The molecule has 9 nitrogen and oxygen atoms in total. The third-order valence-electron chi connectivity index (χ3n) is 5.05. The largest absolute Gasteiger partial charge is 0.464 e. The van der Waals surface area contributed by atoms with Gasteiger partial charge in [-0.1, -0.05) is 25.7 Å². The Hall–Kier alpha value is -2.76. The zero-order valence-electron chi connectivity index (χ0n) is 19.1. The molecule has 3 amide bonds. The third-order valence-corrected chi connectivity index (χ3v) is 5.05. The second kappa shape index (κ2) is 13.5. The molecule has 0 aromatic carbocycles. The van der Waals surface area contributed by atoms with Crippen LogP contribution in [0.4, 0.5) is 4.79 Å². The Kier molecular flexibility index (Phi) is 12.2. The van der Waals surface area contributed by atoms with Crippen LogP contribution in [0.5, 0.6) is 0 Å². The van der Waals surface area contributed by atoms with Crippen LogP contribution in [0.1, 0.15) is 47.0 Å². The number of nitrogens with zero attached hydrogens (tertiary/aromatic N) is 3. The van der Waals surface area contributed by atoms with Crippen molar-refractivity contribution in [3.63, 3.8) is 0 Å². The van der Waals surface area contributed by atoms with Crippen molar-refractivity contribution < 1.29 is 28.7 Å². The van der Waals surface area contributed by atoms with Crippen LogP contribution in [0.25, 0.3) is 0 Å². The van der Waals surface area contributed by atoms with E-state index in [2.05, 4.69) is 12.8 Å². The number of unbranched alkanes of at least 4 members (excludes halogenated alkanes) is 2. The van der Waals surface area contributed by atoms with Crippen molar-refractivity contribution in [2.24, 2.45) is 0 Å². The lowest BCUT2D eigenvalue weighted by atomic mass is 10.2. The fourth-order valence-corrected chi connectivity index (χ4v) is 2.47. The molecular weight excluding hydrogens is 390 g/mol. The van der Waals surface area contributed by atoms with E-state index in [-0.39, 0.29) is 6.61 Å². The van der Waals surface area contributed by atoms with Gasteiger partial charge in [-0.05, 0) is 27.2 Å². The van der Waals surface area contributed by atoms with Crippen LogP contribution in [0.15, 0.2) is 0 Å². The van der Waals surface area contributed by atoms with E-state index in [0.717, 1.165) is 24.2 Å². The SMILES string of the molecule is C#CCOC(=O)N(C)C(C)C(=O)N(C)C(C)C(=O)N(C)C(C)C(=O)OCCCCC. The fourth-order valence-electron chi connectivity index (χ4n) is 2.47. The van der Waals surface area contributed by atoms with Crippen LogP contribution in [0.3, 0.4) is 0 Å². The van der Waals surface area contributed by atoms with Gasteiger partial charge < -0.3 is 19.3 Å². The Balaban J connectivity index is 4.93. The highest BCUT2D eigenvalue weighted by Crippen LogP contribution is 2.10. The number of rotatable bonds is 11. The van der Waals surface area contributed by atoms with E-state index >= 15 is 0 Å². The van der Waals surface area contributed by atoms with Crippen molar-refractivity contribution >= 4 is 23.9 Å². The van der Waals surface area contributed by atoms with E-state index < -0.39 is 42.0 Å². The molecule has 0 bridgehead atoms. The van der Waals surface area contributed by atoms with Crippen LogP contribution in [-0.2, 0) is 23.9 Å². The van der Waals surface area contributed by atoms with Crippen LogP contribution in [0.2, 0.25) is 0 Å². The first kappa shape index (κ1) is 27.2. The van der Waals surface area contributed by atoms with Crippen molar-refractivity contribution in [3.8, 4) is 12.3 Å². The standard InChI is InChI=1S/C21H35N3O6/c1-9-11-12-14-29-20(27)17(5)23(7)18(25)15(3)22(6)19(26)16(4)24(8)21(28)30-13-10-2/h2,15-17H,9,11-14H2,1,3-8H3. The summed E-state index contributed by atoms with van der Waals surface area (Å²) < 4.78 is 10.0. The monoisotopic (exact) mass is 425 g/mol. The van der Waals surface area contributed by atoms with E-state index in [1.165, 1.54) is 37.9 Å². The maximum atomic E-state index is 12.8. The topological polar surface area (TPSA) is 96.5 Å². The Morgan fingerprint density at radius 1 is 0.833 bits per heavy atom. The first-order chi connectivity index (χ1) is 14.0. The predicted octanol–water partition coefficient (Wildman–Crippen LogP) is 1.50. The normalized spacial score (nSPS) is 13.3. The zero-order chi connectivity index (χ0) is 23.4. The lowest BCUT2D eigenvalue weighted by Gasteiger charge is -2.33. The lowest BCUT2D eigenvalue weighted by molar-refractivity contribution is -0.156. The maximum Gasteiger partial charge on any atom is 0.411 e. The lowest BCUT2D eigenvalue weighted by Crippen LogP contribution is -2.54. The molecule has 170 valence electrons. The first-order valence-electron chi connectivity index (χ1n) is 10.0. The predicted molar refractivity (Wildman–Crippen MR) is 112 cm³/mol. The summed E-state index contributed by atoms with van der Waals surface area (Å²) in [7, 11) is 4.36. The van der Waals surface area contributed by atoms with E-state index in [1.54, 1.807) is 13.8 Å². The van der Waals surface area contributed by atoms with Gasteiger partial charge in [0.25, 0.3) is 0 Å². The Morgan fingerprint density at radius 3 is 1.83 bits per heavy atom. The van der Waals surface area contributed by atoms with Crippen molar-refractivity contribution in [2.45, 2.75) is 65.1 Å². The summed E-state index contributed by atoms with van der Waals surface area (Å²) in [5.74, 6) is 0.801. The highest BCUT2D eigenvalue weighted by Gasteiger charge is 2.34. The van der Waals surface area contributed by atoms with Crippen LogP contribution >= 0.6 is 0 Å².